The monoisotopic (exact) mass is 361 g/mol. The van der Waals surface area contributed by atoms with Gasteiger partial charge in [-0.3, -0.25) is 4.79 Å². The first-order chi connectivity index (χ1) is 10.2. The molecule has 1 amide bonds. The molecule has 23 heavy (non-hydrogen) atoms. The molecule has 1 aromatic carbocycles. The maximum atomic E-state index is 12.6. The summed E-state index contributed by atoms with van der Waals surface area (Å²) in [7, 11) is -8.66. The number of nitrogens with one attached hydrogen (secondary N) is 1. The molecule has 0 saturated heterocycles. The molecule has 0 saturated carbocycles. The Morgan fingerprint density at radius 3 is 1.87 bits per heavy atom. The van der Waals surface area contributed by atoms with Crippen LogP contribution in [0, 0.1) is 5.92 Å². The van der Waals surface area contributed by atoms with Crippen molar-refractivity contribution in [1.29, 1.82) is 0 Å². The van der Waals surface area contributed by atoms with Gasteiger partial charge in [-0.2, -0.15) is 0 Å². The van der Waals surface area contributed by atoms with Gasteiger partial charge in [0.1, 0.15) is 10.9 Å². The number of hydrogen-bond acceptors (Lipinski definition) is 3. The predicted molar refractivity (Wildman–Crippen MR) is 75.9 cm³/mol. The lowest BCUT2D eigenvalue weighted by Crippen LogP contribution is -2.45. The summed E-state index contributed by atoms with van der Waals surface area (Å²) in [5, 5.41) is 2.29. The van der Waals surface area contributed by atoms with Crippen LogP contribution in [-0.4, -0.2) is 25.0 Å². The number of carbonyl (C=O) groups excluding carboxylic acids is 2. The maximum Gasteiger partial charge on any atom is 0.328 e. The number of ether oxygens (including phenoxy) is 1. The van der Waals surface area contributed by atoms with E-state index < -0.39 is 33.0 Å². The van der Waals surface area contributed by atoms with Gasteiger partial charge in [-0.1, -0.05) is 33.3 Å². The summed E-state index contributed by atoms with van der Waals surface area (Å²) >= 11 is 0. The van der Waals surface area contributed by atoms with Gasteiger partial charge in [0.2, 0.25) is 0 Å². The number of rotatable bonds is 5. The highest BCUT2D eigenvalue weighted by Crippen LogP contribution is 3.02. The zero-order chi connectivity index (χ0) is 18.1. The van der Waals surface area contributed by atoms with Gasteiger partial charge in [-0.05, 0) is 30.2 Å². The van der Waals surface area contributed by atoms with Crippen LogP contribution in [-0.2, 0) is 9.53 Å². The van der Waals surface area contributed by atoms with Crippen LogP contribution < -0.4 is 5.32 Å². The summed E-state index contributed by atoms with van der Waals surface area (Å²) < 4.78 is 67.4. The van der Waals surface area contributed by atoms with Crippen LogP contribution in [0.5, 0.6) is 0 Å². The molecule has 4 nitrogen and oxygen atoms in total. The number of amides is 1. The number of methoxy groups -OCH3 is 1. The van der Waals surface area contributed by atoms with Crippen LogP contribution in [0.3, 0.4) is 0 Å². The van der Waals surface area contributed by atoms with E-state index in [2.05, 4.69) is 10.1 Å². The van der Waals surface area contributed by atoms with Crippen molar-refractivity contribution in [2.75, 3.05) is 7.11 Å². The van der Waals surface area contributed by atoms with E-state index in [9.17, 15) is 29.0 Å². The lowest BCUT2D eigenvalue weighted by atomic mass is 10.0. The van der Waals surface area contributed by atoms with E-state index in [-0.39, 0.29) is 23.6 Å². The van der Waals surface area contributed by atoms with Gasteiger partial charge in [0, 0.05) is 5.56 Å². The first kappa shape index (κ1) is 19.2. The second-order valence-electron chi connectivity index (χ2n) is 5.21. The van der Waals surface area contributed by atoms with Crippen LogP contribution in [0.4, 0.5) is 19.4 Å². The fourth-order valence-electron chi connectivity index (χ4n) is 1.71. The highest BCUT2D eigenvalue weighted by molar-refractivity contribution is 8.45. The molecular formula is C13H16F5NO3S. The van der Waals surface area contributed by atoms with Crippen molar-refractivity contribution in [2.24, 2.45) is 5.92 Å². The quantitative estimate of drug-likeness (QED) is 0.629. The van der Waals surface area contributed by atoms with Gasteiger partial charge in [0.15, 0.2) is 0 Å². The van der Waals surface area contributed by atoms with Gasteiger partial charge in [-0.15, -0.1) is 0 Å². The third kappa shape index (κ3) is 5.08. The molecule has 0 unspecified atom stereocenters. The smallest absolute Gasteiger partial charge is 0.328 e. The van der Waals surface area contributed by atoms with E-state index in [1.165, 1.54) is 0 Å². The van der Waals surface area contributed by atoms with Crippen molar-refractivity contribution in [3.63, 3.8) is 0 Å². The van der Waals surface area contributed by atoms with Crippen LogP contribution in [0.15, 0.2) is 29.2 Å². The highest BCUT2D eigenvalue weighted by atomic mass is 32.5. The number of benzene rings is 1. The van der Waals surface area contributed by atoms with Gasteiger partial charge in [0.05, 0.1) is 7.11 Å². The molecule has 0 aromatic heterocycles. The first-order valence-corrected chi connectivity index (χ1v) is 8.33. The zero-order valence-electron chi connectivity index (χ0n) is 12.5. The van der Waals surface area contributed by atoms with E-state index >= 15 is 0 Å². The fraction of sp³-hybridized carbons (Fsp3) is 0.385. The number of hydrogen-bond donors (Lipinski definition) is 1. The molecule has 0 aliphatic heterocycles. The molecule has 1 aromatic rings. The molecule has 132 valence electrons. The topological polar surface area (TPSA) is 55.4 Å². The standard InChI is InChI=1S/C13H16F5NO3S/c1-8(2)11(13(21)22-3)19-12(20)9-4-6-10(7-5-9)23(14,15,16,17)18/h4-8,11H,1-3H3,(H,19,20)/t11-/m0/s1. The minimum absolute atomic E-state index is 0.138. The molecule has 1 rings (SSSR count). The average molecular weight is 361 g/mol. The molecule has 10 heteroatoms. The number of carbonyl (C=O) groups is 2. The summed E-state index contributed by atoms with van der Waals surface area (Å²) in [6, 6.07) is 0.509. The second kappa shape index (κ2) is 5.36. The van der Waals surface area contributed by atoms with E-state index in [4.69, 9.17) is 0 Å². The SMILES string of the molecule is COC(=O)[C@@H](NC(=O)c1ccc(S(F)(F)(F)(F)F)cc1)C(C)C. The molecule has 1 N–H and O–H groups in total. The van der Waals surface area contributed by atoms with Gasteiger partial charge < -0.3 is 10.1 Å². The Morgan fingerprint density at radius 2 is 1.52 bits per heavy atom. The Labute approximate surface area is 129 Å². The second-order valence-corrected chi connectivity index (χ2v) is 7.62. The van der Waals surface area contributed by atoms with Crippen molar-refractivity contribution in [3.8, 4) is 0 Å². The Hall–Kier alpha value is -1.84. The molecule has 0 aliphatic rings. The van der Waals surface area contributed by atoms with Crippen molar-refractivity contribution in [3.05, 3.63) is 29.8 Å². The largest absolute Gasteiger partial charge is 0.467 e. The maximum absolute atomic E-state index is 12.6. The van der Waals surface area contributed by atoms with Gasteiger partial charge in [-0.25, -0.2) is 4.79 Å². The third-order valence-electron chi connectivity index (χ3n) is 2.97. The summed E-state index contributed by atoms with van der Waals surface area (Å²) in [6.45, 7) is 3.25. The summed E-state index contributed by atoms with van der Waals surface area (Å²) in [4.78, 5) is 21.3. The van der Waals surface area contributed by atoms with E-state index in [1.807, 2.05) is 0 Å². The van der Waals surface area contributed by atoms with Crippen molar-refractivity contribution < 1.29 is 33.8 Å². The van der Waals surface area contributed by atoms with Crippen molar-refractivity contribution >= 4 is 22.1 Å². The molecule has 1 atom stereocenters. The van der Waals surface area contributed by atoms with E-state index in [1.54, 1.807) is 13.8 Å². The molecule has 0 aliphatic carbocycles. The fourth-order valence-corrected chi connectivity index (χ4v) is 2.36. The van der Waals surface area contributed by atoms with Crippen LogP contribution >= 0.6 is 10.2 Å². The first-order valence-electron chi connectivity index (χ1n) is 6.38. The number of esters is 1. The highest BCUT2D eigenvalue weighted by Gasteiger charge is 2.65. The molecule has 0 radical (unpaired) electrons. The Bertz CT molecular complexity index is 613. The molecule has 0 heterocycles. The molecule has 0 bridgehead atoms. The van der Waals surface area contributed by atoms with Crippen LogP contribution in [0.2, 0.25) is 0 Å². The Balaban J connectivity index is 3.01. The van der Waals surface area contributed by atoms with Crippen LogP contribution in [0.25, 0.3) is 0 Å². The summed E-state index contributed by atoms with van der Waals surface area (Å²) in [5.41, 5.74) is -0.287. The molecule has 0 fully saturated rings. The van der Waals surface area contributed by atoms with Crippen LogP contribution in [0.1, 0.15) is 24.2 Å². The molecular weight excluding hydrogens is 345 g/mol. The third-order valence-corrected chi connectivity index (χ3v) is 4.13. The minimum atomic E-state index is -9.78. The van der Waals surface area contributed by atoms with Gasteiger partial charge in [0.25, 0.3) is 5.91 Å². The Morgan fingerprint density at radius 1 is 1.04 bits per heavy atom. The molecule has 0 spiro atoms. The Kier molecular flexibility index (Phi) is 4.48. The average Bonchev–Trinajstić information content (AvgIpc) is 2.41. The van der Waals surface area contributed by atoms with E-state index in [0.29, 0.717) is 12.1 Å². The predicted octanol–water partition coefficient (Wildman–Crippen LogP) is 4.27. The lowest BCUT2D eigenvalue weighted by molar-refractivity contribution is -0.144. The minimum Gasteiger partial charge on any atom is -0.467 e. The normalized spacial score (nSPS) is 16.2. The van der Waals surface area contributed by atoms with Crippen molar-refractivity contribution in [2.45, 2.75) is 24.8 Å². The number of halogens is 5. The summed E-state index contributed by atoms with van der Waals surface area (Å²) in [6.07, 6.45) is 0. The lowest BCUT2D eigenvalue weighted by Gasteiger charge is -2.40. The van der Waals surface area contributed by atoms with Gasteiger partial charge >= 0.3 is 16.2 Å². The summed E-state index contributed by atoms with van der Waals surface area (Å²) in [5.74, 6) is -1.94. The van der Waals surface area contributed by atoms with Crippen molar-refractivity contribution in [1.82, 2.24) is 5.32 Å². The van der Waals surface area contributed by atoms with E-state index in [0.717, 1.165) is 7.11 Å². The zero-order valence-corrected chi connectivity index (χ0v) is 13.3.